The van der Waals surface area contributed by atoms with Crippen molar-refractivity contribution in [1.82, 2.24) is 5.32 Å². The highest BCUT2D eigenvalue weighted by atomic mass is 16.5. The second kappa shape index (κ2) is 73.1. The van der Waals surface area contributed by atoms with Crippen molar-refractivity contribution in [3.8, 4) is 0 Å². The van der Waals surface area contributed by atoms with Gasteiger partial charge in [0.25, 0.3) is 0 Å². The molecule has 1 amide bonds. The fraction of sp³-hybridized carbons (Fsp3) is 0.948. The molecular formula is C77H151NO5. The number of ether oxygens (including phenoxy) is 1. The van der Waals surface area contributed by atoms with Crippen LogP contribution in [-0.4, -0.2) is 47.4 Å². The molecule has 0 radical (unpaired) electrons. The van der Waals surface area contributed by atoms with Crippen molar-refractivity contribution in [2.45, 2.75) is 456 Å². The minimum Gasteiger partial charge on any atom is -0.466 e. The lowest BCUT2D eigenvalue weighted by atomic mass is 10.0. The van der Waals surface area contributed by atoms with Crippen molar-refractivity contribution in [3.63, 3.8) is 0 Å². The van der Waals surface area contributed by atoms with Gasteiger partial charge in [0, 0.05) is 12.8 Å². The number of carbonyl (C=O) groups is 2. The summed E-state index contributed by atoms with van der Waals surface area (Å²) in [6.45, 7) is 5.00. The Morgan fingerprint density at radius 3 is 0.855 bits per heavy atom. The normalized spacial score (nSPS) is 12.5. The summed E-state index contributed by atoms with van der Waals surface area (Å²) < 4.78 is 5.52. The Bertz CT molecular complexity index is 1260. The molecule has 0 aromatic heterocycles. The Morgan fingerprint density at radius 2 is 0.566 bits per heavy atom. The zero-order chi connectivity index (χ0) is 59.9. The first-order valence-corrected chi connectivity index (χ1v) is 38.4. The predicted molar refractivity (Wildman–Crippen MR) is 366 cm³/mol. The number of unbranched alkanes of at least 4 members (excludes halogenated alkanes) is 60. The van der Waals surface area contributed by atoms with Gasteiger partial charge >= 0.3 is 5.97 Å². The maximum absolute atomic E-state index is 12.5. The fourth-order valence-electron chi connectivity index (χ4n) is 12.5. The molecule has 0 saturated carbocycles. The van der Waals surface area contributed by atoms with Crippen LogP contribution in [0.2, 0.25) is 0 Å². The van der Waals surface area contributed by atoms with Crippen molar-refractivity contribution in [3.05, 3.63) is 12.2 Å². The molecule has 0 spiro atoms. The van der Waals surface area contributed by atoms with Crippen LogP contribution in [0.5, 0.6) is 0 Å². The van der Waals surface area contributed by atoms with Gasteiger partial charge in [-0.1, -0.05) is 392 Å². The van der Waals surface area contributed by atoms with Gasteiger partial charge in [-0.15, -0.1) is 0 Å². The van der Waals surface area contributed by atoms with E-state index in [1.807, 2.05) is 0 Å². The molecule has 0 aliphatic heterocycles. The van der Waals surface area contributed by atoms with Crippen molar-refractivity contribution in [1.29, 1.82) is 0 Å². The first-order valence-electron chi connectivity index (χ1n) is 38.4. The number of amides is 1. The van der Waals surface area contributed by atoms with E-state index < -0.39 is 12.1 Å². The number of aliphatic hydroxyl groups excluding tert-OH is 2. The minimum absolute atomic E-state index is 0.0224. The number of rotatable bonds is 73. The van der Waals surface area contributed by atoms with Crippen molar-refractivity contribution < 1.29 is 24.5 Å². The van der Waals surface area contributed by atoms with Crippen LogP contribution in [0, 0.1) is 0 Å². The van der Waals surface area contributed by atoms with E-state index in [9.17, 15) is 19.8 Å². The molecule has 6 heteroatoms. The van der Waals surface area contributed by atoms with E-state index in [2.05, 4.69) is 31.3 Å². The van der Waals surface area contributed by atoms with E-state index in [0.29, 0.717) is 25.9 Å². The number of allylic oxidation sites excluding steroid dienone is 2. The van der Waals surface area contributed by atoms with Crippen LogP contribution < -0.4 is 5.32 Å². The van der Waals surface area contributed by atoms with Crippen LogP contribution in [0.1, 0.15) is 444 Å². The van der Waals surface area contributed by atoms with Gasteiger partial charge < -0.3 is 20.3 Å². The molecule has 0 saturated heterocycles. The second-order valence-corrected chi connectivity index (χ2v) is 26.7. The lowest BCUT2D eigenvalue weighted by molar-refractivity contribution is -0.143. The van der Waals surface area contributed by atoms with Gasteiger partial charge in [-0.05, 0) is 51.4 Å². The second-order valence-electron chi connectivity index (χ2n) is 26.7. The van der Waals surface area contributed by atoms with Gasteiger partial charge in [-0.2, -0.15) is 0 Å². The van der Waals surface area contributed by atoms with Gasteiger partial charge in [-0.3, -0.25) is 9.59 Å². The molecule has 0 fully saturated rings. The third-order valence-electron chi connectivity index (χ3n) is 18.3. The standard InChI is InChI=1S/C77H151NO5/c1-3-5-7-9-11-13-15-17-19-20-36-40-43-47-51-55-59-63-67-71-77(82)83-72-68-64-60-56-52-48-44-41-38-35-33-31-29-27-25-23-21-22-24-26-28-30-32-34-37-39-42-46-50-54-58-62-66-70-76(81)78-74(73-79)75(80)69-65-61-57-53-49-45-18-16-14-12-10-8-6-4-2/h17,19,74-75,79-80H,3-16,18,20-73H2,1-2H3,(H,78,81)/b19-17-. The molecule has 0 bridgehead atoms. The van der Waals surface area contributed by atoms with Gasteiger partial charge in [0.15, 0.2) is 0 Å². The molecule has 494 valence electrons. The van der Waals surface area contributed by atoms with Gasteiger partial charge in [0.05, 0.1) is 25.4 Å². The summed E-state index contributed by atoms with van der Waals surface area (Å²) in [4.78, 5) is 24.6. The number of esters is 1. The highest BCUT2D eigenvalue weighted by molar-refractivity contribution is 5.76. The lowest BCUT2D eigenvalue weighted by Gasteiger charge is -2.22. The molecule has 0 aliphatic carbocycles. The van der Waals surface area contributed by atoms with Crippen molar-refractivity contribution >= 4 is 11.9 Å². The Balaban J connectivity index is 3.29. The highest BCUT2D eigenvalue weighted by Gasteiger charge is 2.20. The van der Waals surface area contributed by atoms with Crippen LogP contribution in [0.4, 0.5) is 0 Å². The SMILES string of the molecule is CCCCCCCC/C=C\CCCCCCCCCCCC(=O)OCCCCCCCCCCCCCCCCCCCCCCCCCCCCCCCCCCCC(=O)NC(CO)C(O)CCCCCCCCCCCCCCCC. The zero-order valence-electron chi connectivity index (χ0n) is 56.7. The largest absolute Gasteiger partial charge is 0.466 e. The summed E-state index contributed by atoms with van der Waals surface area (Å²) in [5.74, 6) is -0.00438. The number of carbonyl (C=O) groups excluding carboxylic acids is 2. The monoisotopic (exact) mass is 1170 g/mol. The summed E-state index contributed by atoms with van der Waals surface area (Å²) >= 11 is 0. The Labute approximate surface area is 520 Å². The summed E-state index contributed by atoms with van der Waals surface area (Å²) in [6.07, 6.45) is 91.6. The average Bonchev–Trinajstić information content (AvgIpc) is 3.49. The van der Waals surface area contributed by atoms with E-state index >= 15 is 0 Å². The van der Waals surface area contributed by atoms with Gasteiger partial charge in [0.1, 0.15) is 0 Å². The number of nitrogens with one attached hydrogen (secondary N) is 1. The van der Waals surface area contributed by atoms with E-state index in [-0.39, 0.29) is 18.5 Å². The average molecular weight is 1170 g/mol. The predicted octanol–water partition coefficient (Wildman–Crippen LogP) is 25.1. The van der Waals surface area contributed by atoms with E-state index in [0.717, 1.165) is 38.5 Å². The molecular weight excluding hydrogens is 1020 g/mol. The molecule has 0 rings (SSSR count). The summed E-state index contributed by atoms with van der Waals surface area (Å²) in [7, 11) is 0. The molecule has 6 nitrogen and oxygen atoms in total. The van der Waals surface area contributed by atoms with E-state index in [1.165, 1.54) is 372 Å². The number of hydrogen-bond donors (Lipinski definition) is 3. The summed E-state index contributed by atoms with van der Waals surface area (Å²) in [5.41, 5.74) is 0. The topological polar surface area (TPSA) is 95.9 Å². The fourth-order valence-corrected chi connectivity index (χ4v) is 12.5. The first-order chi connectivity index (χ1) is 41.0. The molecule has 0 aromatic rings. The minimum atomic E-state index is -0.660. The van der Waals surface area contributed by atoms with E-state index in [1.54, 1.807) is 0 Å². The third kappa shape index (κ3) is 69.6. The van der Waals surface area contributed by atoms with Crippen LogP contribution in [0.15, 0.2) is 12.2 Å². The van der Waals surface area contributed by atoms with Crippen molar-refractivity contribution in [2.75, 3.05) is 13.2 Å². The van der Waals surface area contributed by atoms with Crippen LogP contribution >= 0.6 is 0 Å². The van der Waals surface area contributed by atoms with Crippen LogP contribution in [0.25, 0.3) is 0 Å². The molecule has 0 aromatic carbocycles. The smallest absolute Gasteiger partial charge is 0.305 e. The van der Waals surface area contributed by atoms with Gasteiger partial charge in [0.2, 0.25) is 5.91 Å². The quantitative estimate of drug-likeness (QED) is 0.0320. The van der Waals surface area contributed by atoms with Crippen molar-refractivity contribution in [2.24, 2.45) is 0 Å². The lowest BCUT2D eigenvalue weighted by Crippen LogP contribution is -2.45. The number of hydrogen-bond acceptors (Lipinski definition) is 5. The number of aliphatic hydroxyl groups is 2. The maximum atomic E-state index is 12.5. The maximum Gasteiger partial charge on any atom is 0.305 e. The highest BCUT2D eigenvalue weighted by Crippen LogP contribution is 2.20. The Hall–Kier alpha value is -1.40. The molecule has 2 atom stereocenters. The molecule has 3 N–H and O–H groups in total. The van der Waals surface area contributed by atoms with Crippen LogP contribution in [-0.2, 0) is 14.3 Å². The molecule has 83 heavy (non-hydrogen) atoms. The van der Waals surface area contributed by atoms with E-state index in [4.69, 9.17) is 4.74 Å². The first kappa shape index (κ1) is 81.6. The zero-order valence-corrected chi connectivity index (χ0v) is 56.7. The Morgan fingerprint density at radius 1 is 0.325 bits per heavy atom. The molecule has 2 unspecified atom stereocenters. The Kier molecular flexibility index (Phi) is 71.8. The van der Waals surface area contributed by atoms with Crippen LogP contribution in [0.3, 0.4) is 0 Å². The summed E-state index contributed by atoms with van der Waals surface area (Å²) in [6, 6.07) is -0.536. The molecule has 0 heterocycles. The summed E-state index contributed by atoms with van der Waals surface area (Å²) in [5, 5.41) is 23.3. The van der Waals surface area contributed by atoms with Gasteiger partial charge in [-0.25, -0.2) is 0 Å². The third-order valence-corrected chi connectivity index (χ3v) is 18.3. The molecule has 0 aliphatic rings.